The van der Waals surface area contributed by atoms with Gasteiger partial charge in [-0.1, -0.05) is 18.2 Å². The topological polar surface area (TPSA) is 58.1 Å². The van der Waals surface area contributed by atoms with Crippen molar-refractivity contribution in [3.8, 4) is 0 Å². The highest BCUT2D eigenvalue weighted by Crippen LogP contribution is 2.25. The van der Waals surface area contributed by atoms with Crippen molar-refractivity contribution >= 4 is 11.7 Å². The van der Waals surface area contributed by atoms with Gasteiger partial charge < -0.3 is 10.2 Å². The van der Waals surface area contributed by atoms with Gasteiger partial charge in [0.1, 0.15) is 11.6 Å². The maximum atomic E-state index is 14.3. The molecule has 1 amide bonds. The Kier molecular flexibility index (Phi) is 5.61. The zero-order valence-electron chi connectivity index (χ0n) is 15.9. The van der Waals surface area contributed by atoms with Gasteiger partial charge in [0.15, 0.2) is 0 Å². The van der Waals surface area contributed by atoms with Crippen LogP contribution in [0.2, 0.25) is 0 Å². The summed E-state index contributed by atoms with van der Waals surface area (Å²) >= 11 is 0. The number of allylic oxidation sites excluding steroid dienone is 6. The Morgan fingerprint density at radius 2 is 2.03 bits per heavy atom. The van der Waals surface area contributed by atoms with Crippen molar-refractivity contribution in [3.63, 3.8) is 0 Å². The van der Waals surface area contributed by atoms with Gasteiger partial charge in [-0.3, -0.25) is 9.78 Å². The third kappa shape index (κ3) is 4.66. The summed E-state index contributed by atoms with van der Waals surface area (Å²) in [4.78, 5) is 22.7. The first-order chi connectivity index (χ1) is 14.2. The molecule has 5 nitrogen and oxygen atoms in total. The van der Waals surface area contributed by atoms with E-state index in [1.165, 1.54) is 0 Å². The number of pyridine rings is 2. The molecule has 0 bridgehead atoms. The molecule has 0 fully saturated rings. The zero-order valence-corrected chi connectivity index (χ0v) is 15.9. The summed E-state index contributed by atoms with van der Waals surface area (Å²) in [6.45, 7) is 0.846. The van der Waals surface area contributed by atoms with E-state index in [1.54, 1.807) is 41.7 Å². The van der Waals surface area contributed by atoms with E-state index in [0.29, 0.717) is 25.1 Å². The van der Waals surface area contributed by atoms with Gasteiger partial charge >= 0.3 is 0 Å². The Balaban J connectivity index is 1.46. The molecule has 0 atom stereocenters. The van der Waals surface area contributed by atoms with Crippen molar-refractivity contribution in [2.24, 2.45) is 0 Å². The minimum atomic E-state index is -0.185. The number of halogens is 1. The van der Waals surface area contributed by atoms with Crippen LogP contribution >= 0.6 is 0 Å². The number of hydrogen-bond donors (Lipinski definition) is 1. The van der Waals surface area contributed by atoms with Crippen LogP contribution < -0.4 is 5.32 Å². The van der Waals surface area contributed by atoms with E-state index in [9.17, 15) is 9.18 Å². The molecule has 6 heteroatoms. The molecule has 146 valence electrons. The van der Waals surface area contributed by atoms with Crippen LogP contribution in [-0.4, -0.2) is 27.3 Å². The lowest BCUT2D eigenvalue weighted by atomic mass is 10.0. The monoisotopic (exact) mass is 388 g/mol. The number of carbonyl (C=O) groups is 1. The van der Waals surface area contributed by atoms with Crippen molar-refractivity contribution < 1.29 is 9.18 Å². The van der Waals surface area contributed by atoms with Gasteiger partial charge in [0, 0.05) is 31.6 Å². The van der Waals surface area contributed by atoms with E-state index in [0.717, 1.165) is 22.7 Å². The Bertz CT molecular complexity index is 1020. The predicted octanol–water partition coefficient (Wildman–Crippen LogP) is 4.56. The Hall–Kier alpha value is -3.54. The van der Waals surface area contributed by atoms with Crippen LogP contribution in [0.1, 0.15) is 28.9 Å². The smallest absolute Gasteiger partial charge is 0.256 e. The number of amides is 1. The molecule has 0 aromatic carbocycles. The van der Waals surface area contributed by atoms with Crippen molar-refractivity contribution in [1.82, 2.24) is 14.9 Å². The van der Waals surface area contributed by atoms with E-state index in [-0.39, 0.29) is 18.2 Å². The molecule has 29 heavy (non-hydrogen) atoms. The van der Waals surface area contributed by atoms with E-state index < -0.39 is 0 Å². The molecule has 3 heterocycles. The van der Waals surface area contributed by atoms with Gasteiger partial charge in [0.25, 0.3) is 5.91 Å². The van der Waals surface area contributed by atoms with Crippen LogP contribution in [0.25, 0.3) is 0 Å². The first-order valence-corrected chi connectivity index (χ1v) is 9.49. The second-order valence-electron chi connectivity index (χ2n) is 6.95. The summed E-state index contributed by atoms with van der Waals surface area (Å²) in [5.41, 5.74) is 3.22. The third-order valence-electron chi connectivity index (χ3n) is 4.82. The SMILES string of the molecule is O=C1c2cccnc2CN1C/C1=C/C=C(/C=C/Nc2ccccn2)C/C=C(/F)C1. The molecule has 0 saturated carbocycles. The highest BCUT2D eigenvalue weighted by atomic mass is 19.1. The fraction of sp³-hybridized carbons (Fsp3) is 0.174. The average Bonchev–Trinajstić information content (AvgIpc) is 3.04. The van der Waals surface area contributed by atoms with E-state index in [1.807, 2.05) is 36.4 Å². The standard InChI is InChI=1S/C23H21FN4O/c24-19-9-8-17(10-13-27-22-5-1-2-11-26-22)6-7-18(14-19)15-28-16-21-20(23(28)29)4-3-12-25-21/h1-7,9-13H,8,14-16H2,(H,26,27)/b13-10+,17-6+,18-7+,19-9+. The summed E-state index contributed by atoms with van der Waals surface area (Å²) in [7, 11) is 0. The molecule has 2 aromatic rings. The van der Waals surface area contributed by atoms with Gasteiger partial charge in [-0.2, -0.15) is 0 Å². The summed E-state index contributed by atoms with van der Waals surface area (Å²) < 4.78 is 14.3. The van der Waals surface area contributed by atoms with Crippen LogP contribution in [0.15, 0.2) is 90.2 Å². The number of fused-ring (bicyclic) bond motifs is 1. The molecular weight excluding hydrogens is 367 g/mol. The first-order valence-electron chi connectivity index (χ1n) is 9.49. The number of nitrogens with zero attached hydrogens (tertiary/aromatic N) is 3. The molecule has 2 aliphatic rings. The first kappa shape index (κ1) is 18.8. The number of nitrogens with one attached hydrogen (secondary N) is 1. The lowest BCUT2D eigenvalue weighted by Gasteiger charge is -2.18. The lowest BCUT2D eigenvalue weighted by Crippen LogP contribution is -2.26. The number of carbonyl (C=O) groups excluding carboxylic acids is 1. The molecule has 1 aliphatic heterocycles. The Labute approximate surface area is 169 Å². The molecule has 1 N–H and O–H groups in total. The van der Waals surface area contributed by atoms with Crippen molar-refractivity contribution in [1.29, 1.82) is 0 Å². The van der Waals surface area contributed by atoms with Crippen molar-refractivity contribution in [3.05, 3.63) is 101 Å². The second kappa shape index (κ2) is 8.65. The largest absolute Gasteiger partial charge is 0.347 e. The molecule has 1 aliphatic carbocycles. The van der Waals surface area contributed by atoms with E-state index >= 15 is 0 Å². The van der Waals surface area contributed by atoms with Gasteiger partial charge in [-0.25, -0.2) is 9.37 Å². The summed E-state index contributed by atoms with van der Waals surface area (Å²) in [6, 6.07) is 9.17. The van der Waals surface area contributed by atoms with Gasteiger partial charge in [-0.05, 0) is 54.0 Å². The minimum Gasteiger partial charge on any atom is -0.347 e. The zero-order chi connectivity index (χ0) is 20.1. The van der Waals surface area contributed by atoms with Gasteiger partial charge in [0.2, 0.25) is 0 Å². The molecule has 0 radical (unpaired) electrons. The fourth-order valence-electron chi connectivity index (χ4n) is 3.34. The Morgan fingerprint density at radius 1 is 1.14 bits per heavy atom. The normalized spacial score (nSPS) is 22.0. The average molecular weight is 388 g/mol. The maximum absolute atomic E-state index is 14.3. The van der Waals surface area contributed by atoms with Gasteiger partial charge in [-0.15, -0.1) is 0 Å². The summed E-state index contributed by atoms with van der Waals surface area (Å²) in [5.74, 6) is 0.508. The number of aromatic nitrogens is 2. The van der Waals surface area contributed by atoms with Crippen LogP contribution in [0, 0.1) is 0 Å². The van der Waals surface area contributed by atoms with Gasteiger partial charge in [0.05, 0.1) is 17.8 Å². The van der Waals surface area contributed by atoms with Crippen LogP contribution in [0.3, 0.4) is 0 Å². The second-order valence-corrected chi connectivity index (χ2v) is 6.95. The van der Waals surface area contributed by atoms with Crippen LogP contribution in [0.5, 0.6) is 0 Å². The minimum absolute atomic E-state index is 0.0518. The summed E-state index contributed by atoms with van der Waals surface area (Å²) in [5, 5.41) is 3.10. The highest BCUT2D eigenvalue weighted by molar-refractivity contribution is 5.97. The van der Waals surface area contributed by atoms with Crippen LogP contribution in [0.4, 0.5) is 10.2 Å². The molecule has 0 saturated heterocycles. The fourth-order valence-corrected chi connectivity index (χ4v) is 3.34. The molecule has 2 aromatic heterocycles. The Morgan fingerprint density at radius 3 is 2.86 bits per heavy atom. The van der Waals surface area contributed by atoms with E-state index in [2.05, 4.69) is 15.3 Å². The molecule has 0 spiro atoms. The third-order valence-corrected chi connectivity index (χ3v) is 4.82. The molecular formula is C23H21FN4O. The van der Waals surface area contributed by atoms with Crippen molar-refractivity contribution in [2.75, 3.05) is 11.9 Å². The predicted molar refractivity (Wildman–Crippen MR) is 111 cm³/mol. The molecule has 4 rings (SSSR count). The number of anilines is 1. The number of rotatable bonds is 5. The quantitative estimate of drug-likeness (QED) is 0.816. The van der Waals surface area contributed by atoms with E-state index in [4.69, 9.17) is 0 Å². The molecule has 0 unspecified atom stereocenters. The summed E-state index contributed by atoms with van der Waals surface area (Å²) in [6.07, 6.45) is 13.3. The van der Waals surface area contributed by atoms with Crippen molar-refractivity contribution in [2.45, 2.75) is 19.4 Å². The highest BCUT2D eigenvalue weighted by Gasteiger charge is 2.28. The number of hydrogen-bond acceptors (Lipinski definition) is 4. The maximum Gasteiger partial charge on any atom is 0.256 e. The lowest BCUT2D eigenvalue weighted by molar-refractivity contribution is 0.0791. The van der Waals surface area contributed by atoms with Crippen LogP contribution in [-0.2, 0) is 6.54 Å².